The van der Waals surface area contributed by atoms with Gasteiger partial charge in [-0.25, -0.2) is 0 Å². The molecule has 1 amide bonds. The van der Waals surface area contributed by atoms with Crippen LogP contribution in [0.25, 0.3) is 17.0 Å². The van der Waals surface area contributed by atoms with E-state index in [-0.39, 0.29) is 12.2 Å². The number of H-pyrrole nitrogens is 1. The highest BCUT2D eigenvalue weighted by Crippen LogP contribution is 2.36. The number of fused-ring (bicyclic) bond motifs is 1. The third-order valence-electron chi connectivity index (χ3n) is 5.76. The summed E-state index contributed by atoms with van der Waals surface area (Å²) in [4.78, 5) is 16.0. The Morgan fingerprint density at radius 3 is 2.66 bits per heavy atom. The molecule has 2 N–H and O–H groups in total. The van der Waals surface area contributed by atoms with E-state index in [9.17, 15) is 10.1 Å². The molecule has 0 bridgehead atoms. The number of nitrogens with one attached hydrogen (secondary N) is 2. The molecule has 9 heteroatoms. The van der Waals surface area contributed by atoms with Crippen LogP contribution in [-0.2, 0) is 17.8 Å². The molecule has 6 nitrogen and oxygen atoms in total. The van der Waals surface area contributed by atoms with E-state index in [2.05, 4.69) is 26.2 Å². The Balaban J connectivity index is 1.46. The number of para-hydroxylation sites is 1. The first-order valence-electron chi connectivity index (χ1n) is 11.9. The Bertz CT molecular complexity index is 1540. The predicted molar refractivity (Wildman–Crippen MR) is 155 cm³/mol. The smallest absolute Gasteiger partial charge is 0.261 e. The molecule has 0 fully saturated rings. The Hall–Kier alpha value is -3.44. The highest BCUT2D eigenvalue weighted by Gasteiger charge is 2.15. The largest absolute Gasteiger partial charge is 0.490 e. The second-order valence-corrected chi connectivity index (χ2v) is 9.99. The Labute approximate surface area is 239 Å². The topological polar surface area (TPSA) is 87.1 Å². The minimum Gasteiger partial charge on any atom is -0.490 e. The molecule has 194 valence electrons. The van der Waals surface area contributed by atoms with Gasteiger partial charge < -0.3 is 19.8 Å². The van der Waals surface area contributed by atoms with Crippen molar-refractivity contribution in [3.05, 3.63) is 97.6 Å². The number of carbonyl (C=O) groups is 1. The second-order valence-electron chi connectivity index (χ2n) is 8.33. The van der Waals surface area contributed by atoms with Gasteiger partial charge in [0.1, 0.15) is 18.2 Å². The average molecular weight is 613 g/mol. The van der Waals surface area contributed by atoms with E-state index in [1.807, 2.05) is 49.5 Å². The van der Waals surface area contributed by atoms with E-state index < -0.39 is 5.91 Å². The van der Waals surface area contributed by atoms with Gasteiger partial charge in [-0.2, -0.15) is 5.26 Å². The van der Waals surface area contributed by atoms with Crippen LogP contribution in [0, 0.1) is 11.3 Å². The van der Waals surface area contributed by atoms with Gasteiger partial charge in [0.05, 0.1) is 16.7 Å². The predicted octanol–water partition coefficient (Wildman–Crippen LogP) is 7.48. The zero-order valence-corrected chi connectivity index (χ0v) is 23.6. The fourth-order valence-electron chi connectivity index (χ4n) is 3.88. The molecule has 0 saturated heterocycles. The van der Waals surface area contributed by atoms with Gasteiger partial charge in [0.2, 0.25) is 0 Å². The molecule has 1 aromatic heterocycles. The van der Waals surface area contributed by atoms with Gasteiger partial charge in [-0.15, -0.1) is 0 Å². The molecule has 0 aliphatic carbocycles. The number of hydrogen-bond acceptors (Lipinski definition) is 4. The molecule has 1 heterocycles. The van der Waals surface area contributed by atoms with Crippen LogP contribution in [0.15, 0.2) is 70.8 Å². The van der Waals surface area contributed by atoms with E-state index in [4.69, 9.17) is 32.7 Å². The normalized spacial score (nSPS) is 11.3. The van der Waals surface area contributed by atoms with Crippen molar-refractivity contribution in [2.24, 2.45) is 0 Å². The monoisotopic (exact) mass is 611 g/mol. The molecule has 0 aliphatic heterocycles. The molecule has 4 rings (SSSR count). The molecule has 0 radical (unpaired) electrons. The van der Waals surface area contributed by atoms with Gasteiger partial charge in [0.25, 0.3) is 5.91 Å². The first-order chi connectivity index (χ1) is 18.4. The number of aromatic nitrogens is 1. The van der Waals surface area contributed by atoms with Crippen molar-refractivity contribution in [1.82, 2.24) is 10.3 Å². The summed E-state index contributed by atoms with van der Waals surface area (Å²) >= 11 is 15.6. The molecule has 0 atom stereocenters. The van der Waals surface area contributed by atoms with Crippen LogP contribution in [0.4, 0.5) is 0 Å². The molecule has 0 aliphatic rings. The van der Waals surface area contributed by atoms with E-state index in [1.165, 1.54) is 6.08 Å². The number of benzene rings is 3. The number of nitriles is 1. The zero-order chi connectivity index (χ0) is 27.1. The van der Waals surface area contributed by atoms with Gasteiger partial charge in [0, 0.05) is 28.1 Å². The van der Waals surface area contributed by atoms with Crippen molar-refractivity contribution < 1.29 is 14.3 Å². The quantitative estimate of drug-likeness (QED) is 0.144. The minimum absolute atomic E-state index is 0.0171. The molecule has 0 spiro atoms. The van der Waals surface area contributed by atoms with Crippen molar-refractivity contribution in [1.29, 1.82) is 5.26 Å². The standard InChI is InChI=1S/C29H24BrCl2N3O3/c1-2-37-27-13-20(23(30)14-28(27)38-17-18-7-8-24(31)25(32)11-18)12-21(15-33)29(36)34-10-9-19-16-35-26-6-4-3-5-22(19)26/h3-8,11-14,16,35H,2,9-10,17H2,1H3,(H,34,36)/b21-12-. The molecule has 4 aromatic rings. The second kappa shape index (κ2) is 12.9. The van der Waals surface area contributed by atoms with Crippen LogP contribution in [0.1, 0.15) is 23.6 Å². The minimum atomic E-state index is -0.447. The first-order valence-corrected chi connectivity index (χ1v) is 13.4. The summed E-state index contributed by atoms with van der Waals surface area (Å²) in [7, 11) is 0. The lowest BCUT2D eigenvalue weighted by molar-refractivity contribution is -0.117. The number of amides is 1. The number of carbonyl (C=O) groups excluding carboxylic acids is 1. The van der Waals surface area contributed by atoms with E-state index in [0.717, 1.165) is 22.0 Å². The molecule has 38 heavy (non-hydrogen) atoms. The van der Waals surface area contributed by atoms with Gasteiger partial charge in [0.15, 0.2) is 11.5 Å². The van der Waals surface area contributed by atoms with Crippen molar-refractivity contribution in [2.45, 2.75) is 20.0 Å². The molecular formula is C29H24BrCl2N3O3. The van der Waals surface area contributed by atoms with Crippen LogP contribution in [0.5, 0.6) is 11.5 Å². The number of hydrogen-bond donors (Lipinski definition) is 2. The van der Waals surface area contributed by atoms with E-state index in [1.54, 1.807) is 24.3 Å². The maximum Gasteiger partial charge on any atom is 0.261 e. The van der Waals surface area contributed by atoms with Crippen molar-refractivity contribution in [3.8, 4) is 17.6 Å². The maximum absolute atomic E-state index is 12.8. The summed E-state index contributed by atoms with van der Waals surface area (Å²) < 4.78 is 12.4. The van der Waals surface area contributed by atoms with Crippen molar-refractivity contribution >= 4 is 62.0 Å². The number of halogens is 3. The Morgan fingerprint density at radius 2 is 1.89 bits per heavy atom. The van der Waals surface area contributed by atoms with E-state index >= 15 is 0 Å². The van der Waals surface area contributed by atoms with Gasteiger partial charge in [-0.05, 0) is 66.4 Å². The summed E-state index contributed by atoms with van der Waals surface area (Å²) in [6, 6.07) is 18.8. The summed E-state index contributed by atoms with van der Waals surface area (Å²) in [6.07, 6.45) is 4.10. The first kappa shape index (κ1) is 27.6. The van der Waals surface area contributed by atoms with Crippen molar-refractivity contribution in [2.75, 3.05) is 13.2 Å². The van der Waals surface area contributed by atoms with Crippen LogP contribution in [0.2, 0.25) is 10.0 Å². The summed E-state index contributed by atoms with van der Waals surface area (Å²) in [5.74, 6) is 0.542. The lowest BCUT2D eigenvalue weighted by atomic mass is 10.1. The third-order valence-corrected chi connectivity index (χ3v) is 7.19. The molecule has 0 saturated carbocycles. The third kappa shape index (κ3) is 6.70. The lowest BCUT2D eigenvalue weighted by Crippen LogP contribution is -2.26. The van der Waals surface area contributed by atoms with E-state index in [0.29, 0.717) is 51.2 Å². The number of aromatic amines is 1. The van der Waals surface area contributed by atoms with Gasteiger partial charge in [-0.1, -0.05) is 63.4 Å². The lowest BCUT2D eigenvalue weighted by Gasteiger charge is -2.14. The number of ether oxygens (including phenoxy) is 2. The molecule has 3 aromatic carbocycles. The zero-order valence-electron chi connectivity index (χ0n) is 20.5. The fourth-order valence-corrected chi connectivity index (χ4v) is 4.64. The van der Waals surface area contributed by atoms with Crippen molar-refractivity contribution in [3.63, 3.8) is 0 Å². The van der Waals surface area contributed by atoms with Crippen LogP contribution in [0.3, 0.4) is 0 Å². The summed E-state index contributed by atoms with van der Waals surface area (Å²) in [5, 5.41) is 14.6. The molecular weight excluding hydrogens is 589 g/mol. The SMILES string of the molecule is CCOc1cc(/C=C(/C#N)C(=O)NCCc2c[nH]c3ccccc23)c(Br)cc1OCc1ccc(Cl)c(Cl)c1. The average Bonchev–Trinajstić information content (AvgIpc) is 3.32. The van der Waals surface area contributed by atoms with Crippen LogP contribution in [-0.4, -0.2) is 24.0 Å². The molecule has 0 unspecified atom stereocenters. The van der Waals surface area contributed by atoms with Crippen LogP contribution < -0.4 is 14.8 Å². The van der Waals surface area contributed by atoms with Crippen LogP contribution >= 0.6 is 39.1 Å². The Kier molecular flexibility index (Phi) is 9.35. The number of nitrogens with zero attached hydrogens (tertiary/aromatic N) is 1. The number of rotatable bonds is 10. The highest BCUT2D eigenvalue weighted by molar-refractivity contribution is 9.10. The fraction of sp³-hybridized carbons (Fsp3) is 0.172. The maximum atomic E-state index is 12.8. The summed E-state index contributed by atoms with van der Waals surface area (Å²) in [6.45, 7) is 2.92. The Morgan fingerprint density at radius 1 is 1.11 bits per heavy atom. The van der Waals surface area contributed by atoms with Gasteiger partial charge >= 0.3 is 0 Å². The summed E-state index contributed by atoms with van der Waals surface area (Å²) in [5.41, 5.74) is 3.59. The van der Waals surface area contributed by atoms with Gasteiger partial charge in [-0.3, -0.25) is 4.79 Å². The highest BCUT2D eigenvalue weighted by atomic mass is 79.9.